The molecule has 0 aliphatic carbocycles. The third-order valence-electron chi connectivity index (χ3n) is 5.02. The summed E-state index contributed by atoms with van der Waals surface area (Å²) in [4.78, 5) is 2.25. The van der Waals surface area contributed by atoms with Gasteiger partial charge in [-0.3, -0.25) is 0 Å². The second-order valence-electron chi connectivity index (χ2n) is 6.84. The van der Waals surface area contributed by atoms with Crippen LogP contribution >= 0.6 is 11.3 Å². The standard InChI is InChI=1S/C27H25N2S/c1-3-28-23(21-20-22-14-10-11-16-24(22)28)15-8-6-5-7-9-19-27-29(4-2)25-17-12-13-18-26(25)30-27/h5-19H,3-4H2,1-2H3/q+1. The first kappa shape index (κ1) is 19.9. The molecular formula is C27H25N2S+. The minimum Gasteiger partial charge on any atom is -0.334 e. The fraction of sp³-hybridized carbons (Fsp3) is 0.148. The highest BCUT2D eigenvalue weighted by Crippen LogP contribution is 2.26. The second kappa shape index (κ2) is 9.43. The van der Waals surface area contributed by atoms with Crippen molar-refractivity contribution in [3.05, 3.63) is 101 Å². The zero-order valence-corrected chi connectivity index (χ0v) is 18.2. The van der Waals surface area contributed by atoms with Gasteiger partial charge in [0.25, 0.3) is 5.01 Å². The number of thiazole rings is 1. The van der Waals surface area contributed by atoms with E-state index < -0.39 is 0 Å². The number of fused-ring (bicyclic) bond motifs is 2. The zero-order chi connectivity index (χ0) is 20.8. The molecule has 0 amide bonds. The van der Waals surface area contributed by atoms with Crippen molar-refractivity contribution >= 4 is 33.3 Å². The fourth-order valence-corrected chi connectivity index (χ4v) is 4.73. The molecule has 3 heteroatoms. The highest BCUT2D eigenvalue weighted by molar-refractivity contribution is 7.18. The molecule has 0 N–H and O–H groups in total. The van der Waals surface area contributed by atoms with Crippen molar-refractivity contribution in [1.82, 2.24) is 0 Å². The molecular weight excluding hydrogens is 384 g/mol. The van der Waals surface area contributed by atoms with Gasteiger partial charge in [0.15, 0.2) is 0 Å². The van der Waals surface area contributed by atoms with Crippen molar-refractivity contribution in [1.29, 1.82) is 0 Å². The van der Waals surface area contributed by atoms with Crippen LogP contribution in [-0.2, 0) is 6.54 Å². The van der Waals surface area contributed by atoms with Gasteiger partial charge in [-0.1, -0.05) is 71.9 Å². The Bertz CT molecular complexity index is 1230. The Morgan fingerprint density at radius 2 is 1.67 bits per heavy atom. The zero-order valence-electron chi connectivity index (χ0n) is 17.4. The molecule has 0 saturated carbocycles. The van der Waals surface area contributed by atoms with E-state index in [0.29, 0.717) is 0 Å². The average Bonchev–Trinajstić information content (AvgIpc) is 3.15. The lowest BCUT2D eigenvalue weighted by atomic mass is 10.1. The van der Waals surface area contributed by atoms with Gasteiger partial charge in [0.2, 0.25) is 5.52 Å². The van der Waals surface area contributed by atoms with Gasteiger partial charge in [-0.25, -0.2) is 0 Å². The van der Waals surface area contributed by atoms with E-state index in [2.05, 4.69) is 114 Å². The summed E-state index contributed by atoms with van der Waals surface area (Å²) in [5.41, 5.74) is 4.61. The SMILES string of the molecule is CCN1C(=CC=CC=CC=Cc2sc3ccccc3[n+]2CC)C#Cc2ccccc21. The molecule has 0 atom stereocenters. The van der Waals surface area contributed by atoms with Gasteiger partial charge < -0.3 is 4.90 Å². The summed E-state index contributed by atoms with van der Waals surface area (Å²) in [5, 5.41) is 1.27. The minimum atomic E-state index is 0.899. The highest BCUT2D eigenvalue weighted by Gasteiger charge is 2.16. The van der Waals surface area contributed by atoms with Crippen LogP contribution in [0.4, 0.5) is 5.69 Å². The maximum absolute atomic E-state index is 3.27. The van der Waals surface area contributed by atoms with Crippen molar-refractivity contribution in [2.24, 2.45) is 0 Å². The van der Waals surface area contributed by atoms with Crippen molar-refractivity contribution in [3.63, 3.8) is 0 Å². The summed E-state index contributed by atoms with van der Waals surface area (Å²) in [6.07, 6.45) is 14.6. The molecule has 148 valence electrons. The van der Waals surface area contributed by atoms with Crippen molar-refractivity contribution < 1.29 is 4.57 Å². The molecule has 2 heterocycles. The second-order valence-corrected chi connectivity index (χ2v) is 7.91. The maximum Gasteiger partial charge on any atom is 0.262 e. The molecule has 1 aromatic heterocycles. The minimum absolute atomic E-state index is 0.899. The Hall–Kier alpha value is -3.35. The summed E-state index contributed by atoms with van der Waals surface area (Å²) in [5.74, 6) is 6.53. The lowest BCUT2D eigenvalue weighted by Crippen LogP contribution is -2.33. The number of aryl methyl sites for hydroxylation is 1. The molecule has 2 nitrogen and oxygen atoms in total. The number of anilines is 1. The van der Waals surface area contributed by atoms with Gasteiger partial charge in [-0.15, -0.1) is 0 Å². The predicted molar refractivity (Wildman–Crippen MR) is 129 cm³/mol. The third kappa shape index (κ3) is 4.15. The molecule has 0 radical (unpaired) electrons. The van der Waals surface area contributed by atoms with Gasteiger partial charge >= 0.3 is 0 Å². The van der Waals surface area contributed by atoms with E-state index in [-0.39, 0.29) is 0 Å². The van der Waals surface area contributed by atoms with Crippen LogP contribution in [0.1, 0.15) is 24.4 Å². The van der Waals surface area contributed by atoms with Gasteiger partial charge in [0.05, 0.1) is 11.4 Å². The molecule has 30 heavy (non-hydrogen) atoms. The number of hydrogen-bond acceptors (Lipinski definition) is 2. The van der Waals surface area contributed by atoms with Gasteiger partial charge in [0.1, 0.15) is 11.2 Å². The normalized spacial score (nSPS) is 14.9. The summed E-state index contributed by atoms with van der Waals surface area (Å²) in [6.45, 7) is 6.22. The Morgan fingerprint density at radius 3 is 2.53 bits per heavy atom. The molecule has 1 aliphatic heterocycles. The molecule has 0 spiro atoms. The van der Waals surface area contributed by atoms with E-state index in [0.717, 1.165) is 24.4 Å². The van der Waals surface area contributed by atoms with E-state index in [1.54, 1.807) is 0 Å². The molecule has 3 aromatic rings. The molecule has 0 fully saturated rings. The smallest absolute Gasteiger partial charge is 0.262 e. The average molecular weight is 410 g/mol. The van der Waals surface area contributed by atoms with E-state index in [1.807, 2.05) is 23.5 Å². The van der Waals surface area contributed by atoms with Gasteiger partial charge in [-0.05, 0) is 44.0 Å². The summed E-state index contributed by atoms with van der Waals surface area (Å²) in [7, 11) is 0. The first-order valence-corrected chi connectivity index (χ1v) is 11.1. The van der Waals surface area contributed by atoms with Crippen LogP contribution in [0.15, 0.2) is 90.7 Å². The highest BCUT2D eigenvalue weighted by atomic mass is 32.1. The topological polar surface area (TPSA) is 7.12 Å². The van der Waals surface area contributed by atoms with Crippen LogP contribution < -0.4 is 9.47 Å². The Morgan fingerprint density at radius 1 is 0.900 bits per heavy atom. The number of rotatable bonds is 6. The van der Waals surface area contributed by atoms with Gasteiger partial charge in [-0.2, -0.15) is 4.57 Å². The van der Waals surface area contributed by atoms with Crippen LogP contribution in [0.2, 0.25) is 0 Å². The number of benzene rings is 2. The van der Waals surface area contributed by atoms with Crippen LogP contribution in [0, 0.1) is 11.8 Å². The molecule has 2 aromatic carbocycles. The Balaban J connectivity index is 1.44. The monoisotopic (exact) mass is 409 g/mol. The Kier molecular flexibility index (Phi) is 6.27. The first-order chi connectivity index (χ1) is 14.8. The Labute approximate surface area is 182 Å². The van der Waals surface area contributed by atoms with Crippen LogP contribution in [-0.4, -0.2) is 6.54 Å². The molecule has 1 aliphatic rings. The number of nitrogens with zero attached hydrogens (tertiary/aromatic N) is 2. The fourth-order valence-electron chi connectivity index (χ4n) is 3.60. The van der Waals surface area contributed by atoms with Crippen LogP contribution in [0.5, 0.6) is 0 Å². The van der Waals surface area contributed by atoms with Gasteiger partial charge in [0, 0.05) is 24.3 Å². The number of hydrogen-bond donors (Lipinski definition) is 0. The predicted octanol–water partition coefficient (Wildman–Crippen LogP) is 6.11. The maximum atomic E-state index is 3.27. The third-order valence-corrected chi connectivity index (χ3v) is 6.15. The van der Waals surface area contributed by atoms with E-state index in [9.17, 15) is 0 Å². The lowest BCUT2D eigenvalue weighted by Gasteiger charge is -2.26. The molecule has 0 unspecified atom stereocenters. The summed E-state index contributed by atoms with van der Waals surface area (Å²) < 4.78 is 3.67. The quantitative estimate of drug-likeness (QED) is 0.271. The van der Waals surface area contributed by atoms with E-state index in [1.165, 1.54) is 20.9 Å². The van der Waals surface area contributed by atoms with Crippen LogP contribution in [0.25, 0.3) is 16.3 Å². The van der Waals surface area contributed by atoms with Crippen LogP contribution in [0.3, 0.4) is 0 Å². The largest absolute Gasteiger partial charge is 0.334 e. The number of allylic oxidation sites excluding steroid dienone is 7. The summed E-state index contributed by atoms with van der Waals surface area (Å²) in [6, 6.07) is 16.9. The van der Waals surface area contributed by atoms with E-state index >= 15 is 0 Å². The molecule has 4 rings (SSSR count). The summed E-state index contributed by atoms with van der Waals surface area (Å²) >= 11 is 1.83. The van der Waals surface area contributed by atoms with E-state index in [4.69, 9.17) is 0 Å². The van der Waals surface area contributed by atoms with Crippen molar-refractivity contribution in [2.45, 2.75) is 20.4 Å². The lowest BCUT2D eigenvalue weighted by molar-refractivity contribution is -0.665. The molecule has 0 saturated heterocycles. The van der Waals surface area contributed by atoms with Crippen molar-refractivity contribution in [2.75, 3.05) is 11.4 Å². The molecule has 0 bridgehead atoms. The number of aromatic nitrogens is 1. The first-order valence-electron chi connectivity index (χ1n) is 10.3. The van der Waals surface area contributed by atoms with Crippen molar-refractivity contribution in [3.8, 4) is 11.8 Å². The number of para-hydroxylation sites is 2.